The van der Waals surface area contributed by atoms with Gasteiger partial charge in [-0.1, -0.05) is 46.5 Å². The summed E-state index contributed by atoms with van der Waals surface area (Å²) in [6.07, 6.45) is 7.28. The van der Waals surface area contributed by atoms with Crippen molar-refractivity contribution >= 4 is 9.84 Å². The average molecular weight is 289 g/mol. The molecule has 1 atom stereocenters. The van der Waals surface area contributed by atoms with Crippen molar-refractivity contribution in [3.63, 3.8) is 0 Å². The van der Waals surface area contributed by atoms with Crippen molar-refractivity contribution in [3.05, 3.63) is 0 Å². The van der Waals surface area contributed by atoms with E-state index in [0.717, 1.165) is 25.3 Å². The molecule has 1 N–H and O–H groups in total. The van der Waals surface area contributed by atoms with E-state index in [9.17, 15) is 8.42 Å². The molecule has 1 fully saturated rings. The van der Waals surface area contributed by atoms with E-state index < -0.39 is 9.84 Å². The van der Waals surface area contributed by atoms with Crippen LogP contribution in [-0.2, 0) is 9.84 Å². The molecular formula is C15H31NO2S. The molecule has 1 aliphatic carbocycles. The molecule has 19 heavy (non-hydrogen) atoms. The molecule has 3 nitrogen and oxygen atoms in total. The van der Waals surface area contributed by atoms with E-state index in [1.807, 2.05) is 0 Å². The zero-order valence-electron chi connectivity index (χ0n) is 12.8. The van der Waals surface area contributed by atoms with Crippen molar-refractivity contribution in [3.8, 4) is 0 Å². The molecule has 1 unspecified atom stereocenters. The average Bonchev–Trinajstić information content (AvgIpc) is 2.86. The van der Waals surface area contributed by atoms with Gasteiger partial charge in [-0.05, 0) is 31.2 Å². The Hall–Kier alpha value is -0.0900. The SMILES string of the molecule is CCS(=O)(=O)CCCC(CNC(C)C)C1CCCC1. The lowest BCUT2D eigenvalue weighted by atomic mass is 9.87. The van der Waals surface area contributed by atoms with Gasteiger partial charge in [0.15, 0.2) is 0 Å². The van der Waals surface area contributed by atoms with E-state index in [-0.39, 0.29) is 5.75 Å². The molecule has 0 bridgehead atoms. The summed E-state index contributed by atoms with van der Waals surface area (Å²) in [6, 6.07) is 0.517. The van der Waals surface area contributed by atoms with Crippen molar-refractivity contribution in [2.45, 2.75) is 65.3 Å². The Balaban J connectivity index is 2.40. The highest BCUT2D eigenvalue weighted by Crippen LogP contribution is 2.33. The van der Waals surface area contributed by atoms with Gasteiger partial charge in [0.2, 0.25) is 0 Å². The van der Waals surface area contributed by atoms with Gasteiger partial charge >= 0.3 is 0 Å². The molecule has 0 saturated heterocycles. The smallest absolute Gasteiger partial charge is 0.150 e. The third-order valence-corrected chi connectivity index (χ3v) is 6.12. The van der Waals surface area contributed by atoms with Crippen molar-refractivity contribution in [2.75, 3.05) is 18.1 Å². The van der Waals surface area contributed by atoms with Crippen molar-refractivity contribution in [2.24, 2.45) is 11.8 Å². The Bertz CT molecular complexity index is 332. The second-order valence-electron chi connectivity index (χ2n) is 6.25. The van der Waals surface area contributed by atoms with Crippen LogP contribution in [0, 0.1) is 11.8 Å². The minimum Gasteiger partial charge on any atom is -0.314 e. The summed E-state index contributed by atoms with van der Waals surface area (Å²) < 4.78 is 23.1. The molecule has 0 heterocycles. The fourth-order valence-corrected chi connectivity index (χ4v) is 3.93. The third kappa shape index (κ3) is 6.75. The van der Waals surface area contributed by atoms with Crippen LogP contribution in [0.4, 0.5) is 0 Å². The Morgan fingerprint density at radius 2 is 1.84 bits per heavy atom. The van der Waals surface area contributed by atoms with Gasteiger partial charge in [0.05, 0.1) is 5.75 Å². The summed E-state index contributed by atoms with van der Waals surface area (Å²) in [5.41, 5.74) is 0. The largest absolute Gasteiger partial charge is 0.314 e. The summed E-state index contributed by atoms with van der Waals surface area (Å²) in [4.78, 5) is 0. The maximum absolute atomic E-state index is 11.6. The zero-order valence-corrected chi connectivity index (χ0v) is 13.6. The molecule has 0 aliphatic heterocycles. The first-order valence-corrected chi connectivity index (χ1v) is 9.70. The molecule has 1 saturated carbocycles. The van der Waals surface area contributed by atoms with Gasteiger partial charge in [0, 0.05) is 11.8 Å². The highest BCUT2D eigenvalue weighted by Gasteiger charge is 2.25. The maximum Gasteiger partial charge on any atom is 0.150 e. The minimum absolute atomic E-state index is 0.283. The quantitative estimate of drug-likeness (QED) is 0.710. The van der Waals surface area contributed by atoms with Gasteiger partial charge in [-0.2, -0.15) is 0 Å². The second kappa shape index (κ2) is 8.25. The lowest BCUT2D eigenvalue weighted by molar-refractivity contribution is 0.295. The number of sulfone groups is 1. The second-order valence-corrected chi connectivity index (χ2v) is 8.72. The van der Waals surface area contributed by atoms with E-state index >= 15 is 0 Å². The molecular weight excluding hydrogens is 258 g/mol. The van der Waals surface area contributed by atoms with E-state index in [2.05, 4.69) is 19.2 Å². The number of hydrogen-bond acceptors (Lipinski definition) is 3. The summed E-state index contributed by atoms with van der Waals surface area (Å²) in [6.45, 7) is 7.14. The highest BCUT2D eigenvalue weighted by atomic mass is 32.2. The standard InChI is InChI=1S/C15H31NO2S/c1-4-19(17,18)11-7-10-15(12-16-13(2)3)14-8-5-6-9-14/h13-16H,4-12H2,1-3H3. The van der Waals surface area contributed by atoms with Crippen molar-refractivity contribution < 1.29 is 8.42 Å². The van der Waals surface area contributed by atoms with Crippen molar-refractivity contribution in [1.29, 1.82) is 0 Å². The minimum atomic E-state index is -2.79. The predicted octanol–water partition coefficient (Wildman–Crippen LogP) is 3.01. The lowest BCUT2D eigenvalue weighted by Gasteiger charge is -2.25. The fourth-order valence-electron chi connectivity index (χ4n) is 3.03. The molecule has 4 heteroatoms. The fraction of sp³-hybridized carbons (Fsp3) is 1.00. The maximum atomic E-state index is 11.6. The lowest BCUT2D eigenvalue weighted by Crippen LogP contribution is -2.32. The Morgan fingerprint density at radius 3 is 2.37 bits per heavy atom. The Morgan fingerprint density at radius 1 is 1.21 bits per heavy atom. The molecule has 114 valence electrons. The first-order chi connectivity index (χ1) is 8.94. The van der Waals surface area contributed by atoms with Gasteiger partial charge in [0.1, 0.15) is 9.84 Å². The van der Waals surface area contributed by atoms with Gasteiger partial charge < -0.3 is 5.32 Å². The molecule has 0 aromatic heterocycles. The zero-order chi connectivity index (χ0) is 14.3. The van der Waals surface area contributed by atoms with Crippen LogP contribution in [0.5, 0.6) is 0 Å². The molecule has 1 aliphatic rings. The monoisotopic (exact) mass is 289 g/mol. The Labute approximate surface area is 119 Å². The van der Waals surface area contributed by atoms with Crippen LogP contribution in [0.15, 0.2) is 0 Å². The van der Waals surface area contributed by atoms with Crippen LogP contribution < -0.4 is 5.32 Å². The summed E-state index contributed by atoms with van der Waals surface area (Å²) in [5.74, 6) is 2.13. The van der Waals surface area contributed by atoms with E-state index in [4.69, 9.17) is 0 Å². The predicted molar refractivity (Wildman–Crippen MR) is 82.1 cm³/mol. The molecule has 0 radical (unpaired) electrons. The van der Waals surface area contributed by atoms with Crippen LogP contribution in [0.3, 0.4) is 0 Å². The van der Waals surface area contributed by atoms with Crippen LogP contribution in [-0.4, -0.2) is 32.5 Å². The normalized spacial score (nSPS) is 19.2. The number of rotatable bonds is 9. The topological polar surface area (TPSA) is 46.2 Å². The van der Waals surface area contributed by atoms with Gasteiger partial charge in [-0.3, -0.25) is 0 Å². The summed E-state index contributed by atoms with van der Waals surface area (Å²) in [5, 5.41) is 3.53. The van der Waals surface area contributed by atoms with E-state index in [1.165, 1.54) is 25.7 Å². The van der Waals surface area contributed by atoms with Gasteiger partial charge in [-0.25, -0.2) is 8.42 Å². The van der Waals surface area contributed by atoms with E-state index in [1.54, 1.807) is 6.92 Å². The van der Waals surface area contributed by atoms with Crippen molar-refractivity contribution in [1.82, 2.24) is 5.32 Å². The third-order valence-electron chi connectivity index (χ3n) is 4.32. The van der Waals surface area contributed by atoms with Crippen LogP contribution in [0.1, 0.15) is 59.3 Å². The van der Waals surface area contributed by atoms with E-state index in [0.29, 0.717) is 17.7 Å². The first-order valence-electron chi connectivity index (χ1n) is 7.88. The number of nitrogens with one attached hydrogen (secondary N) is 1. The highest BCUT2D eigenvalue weighted by molar-refractivity contribution is 7.91. The Kier molecular flexibility index (Phi) is 7.37. The molecule has 0 aromatic rings. The molecule has 0 amide bonds. The van der Waals surface area contributed by atoms with Gasteiger partial charge in [0.25, 0.3) is 0 Å². The first kappa shape index (κ1) is 17.0. The number of hydrogen-bond donors (Lipinski definition) is 1. The molecule has 0 spiro atoms. The molecule has 0 aromatic carbocycles. The van der Waals surface area contributed by atoms with Gasteiger partial charge in [-0.15, -0.1) is 0 Å². The van der Waals surface area contributed by atoms with Crippen LogP contribution in [0.2, 0.25) is 0 Å². The van der Waals surface area contributed by atoms with Crippen LogP contribution >= 0.6 is 0 Å². The summed E-state index contributed by atoms with van der Waals surface area (Å²) >= 11 is 0. The van der Waals surface area contributed by atoms with Crippen LogP contribution in [0.25, 0.3) is 0 Å². The summed E-state index contributed by atoms with van der Waals surface area (Å²) in [7, 11) is -2.79. The molecule has 1 rings (SSSR count).